The molecule has 0 fully saturated rings. The van der Waals surface area contributed by atoms with Gasteiger partial charge in [0, 0.05) is 11.6 Å². The Kier molecular flexibility index (Phi) is 5.19. The molecule has 1 heterocycles. The Bertz CT molecular complexity index is 884. The van der Waals surface area contributed by atoms with Crippen LogP contribution in [0.3, 0.4) is 0 Å². The molecule has 0 aliphatic heterocycles. The van der Waals surface area contributed by atoms with Gasteiger partial charge >= 0.3 is 0 Å². The predicted molar refractivity (Wildman–Crippen MR) is 101 cm³/mol. The molecule has 0 atom stereocenters. The van der Waals surface area contributed by atoms with E-state index in [1.807, 2.05) is 31.2 Å². The molecule has 3 aromatic rings. The van der Waals surface area contributed by atoms with E-state index >= 15 is 0 Å². The molecule has 0 aliphatic rings. The molecule has 1 amide bonds. The summed E-state index contributed by atoms with van der Waals surface area (Å²) in [6, 6.07) is 15.6. The van der Waals surface area contributed by atoms with E-state index in [4.69, 9.17) is 11.6 Å². The number of carbonyl (C=O) groups excluding carboxylic acids is 1. The minimum atomic E-state index is -0.105. The molecule has 0 saturated carbocycles. The summed E-state index contributed by atoms with van der Waals surface area (Å²) in [6.45, 7) is 4.56. The van der Waals surface area contributed by atoms with Crippen molar-refractivity contribution < 1.29 is 4.79 Å². The van der Waals surface area contributed by atoms with Crippen LogP contribution in [0, 0.1) is 13.8 Å². The summed E-state index contributed by atoms with van der Waals surface area (Å²) in [5.74, 6) is -0.105. The minimum Gasteiger partial charge on any atom is -0.352 e. The van der Waals surface area contributed by atoms with Crippen molar-refractivity contribution in [1.29, 1.82) is 0 Å². The van der Waals surface area contributed by atoms with Crippen molar-refractivity contribution in [3.05, 3.63) is 82.1 Å². The fourth-order valence-corrected chi connectivity index (χ4v) is 2.90. The molecular formula is C20H20ClN3O. The highest BCUT2D eigenvalue weighted by Crippen LogP contribution is 2.17. The maximum absolute atomic E-state index is 12.5. The number of amides is 1. The number of hydrogen-bond donors (Lipinski definition) is 1. The number of nitrogens with zero attached hydrogens (tertiary/aromatic N) is 2. The van der Waals surface area contributed by atoms with Crippen molar-refractivity contribution in [3.63, 3.8) is 0 Å². The van der Waals surface area contributed by atoms with Gasteiger partial charge in [-0.15, -0.1) is 0 Å². The molecule has 0 radical (unpaired) electrons. The van der Waals surface area contributed by atoms with Gasteiger partial charge in [0.15, 0.2) is 0 Å². The van der Waals surface area contributed by atoms with Gasteiger partial charge in [0.05, 0.1) is 23.1 Å². The van der Waals surface area contributed by atoms with Gasteiger partial charge in [-0.3, -0.25) is 4.79 Å². The Hall–Kier alpha value is -2.59. The monoisotopic (exact) mass is 353 g/mol. The van der Waals surface area contributed by atoms with E-state index in [2.05, 4.69) is 29.5 Å². The third-order valence-corrected chi connectivity index (χ3v) is 4.52. The van der Waals surface area contributed by atoms with Crippen LogP contribution in [0.4, 0.5) is 0 Å². The lowest BCUT2D eigenvalue weighted by molar-refractivity contribution is 0.0953. The molecule has 0 saturated heterocycles. The second-order valence-electron chi connectivity index (χ2n) is 5.96. The molecule has 0 aliphatic carbocycles. The van der Waals surface area contributed by atoms with E-state index in [1.165, 1.54) is 11.1 Å². The summed E-state index contributed by atoms with van der Waals surface area (Å²) in [7, 11) is 0. The quantitative estimate of drug-likeness (QED) is 0.750. The first kappa shape index (κ1) is 17.2. The fourth-order valence-electron chi connectivity index (χ4n) is 2.77. The normalized spacial score (nSPS) is 10.7. The molecule has 5 heteroatoms. The molecule has 0 spiro atoms. The van der Waals surface area contributed by atoms with Gasteiger partial charge in [-0.25, -0.2) is 4.68 Å². The molecule has 4 nitrogen and oxygen atoms in total. The topological polar surface area (TPSA) is 46.9 Å². The van der Waals surface area contributed by atoms with Crippen molar-refractivity contribution in [2.24, 2.45) is 0 Å². The summed E-state index contributed by atoms with van der Waals surface area (Å²) in [6.07, 6.45) is 2.41. The van der Waals surface area contributed by atoms with E-state index in [9.17, 15) is 4.79 Å². The largest absolute Gasteiger partial charge is 0.352 e. The minimum absolute atomic E-state index is 0.105. The maximum Gasteiger partial charge on any atom is 0.254 e. The molecule has 0 unspecified atom stereocenters. The van der Waals surface area contributed by atoms with Crippen molar-refractivity contribution in [1.82, 2.24) is 15.1 Å². The van der Waals surface area contributed by atoms with Gasteiger partial charge in [0.25, 0.3) is 5.91 Å². The Morgan fingerprint density at radius 1 is 1.12 bits per heavy atom. The highest BCUT2D eigenvalue weighted by molar-refractivity contribution is 6.30. The number of halogens is 1. The summed E-state index contributed by atoms with van der Waals surface area (Å²) in [5.41, 5.74) is 4.75. The van der Waals surface area contributed by atoms with Gasteiger partial charge in [-0.2, -0.15) is 5.10 Å². The second-order valence-corrected chi connectivity index (χ2v) is 6.40. The van der Waals surface area contributed by atoms with E-state index in [-0.39, 0.29) is 5.91 Å². The second kappa shape index (κ2) is 7.53. The first-order valence-corrected chi connectivity index (χ1v) is 8.57. The zero-order chi connectivity index (χ0) is 17.8. The summed E-state index contributed by atoms with van der Waals surface area (Å²) >= 11 is 5.92. The molecule has 1 N–H and O–H groups in total. The highest BCUT2D eigenvalue weighted by atomic mass is 35.5. The van der Waals surface area contributed by atoms with Gasteiger partial charge in [0.2, 0.25) is 0 Å². The van der Waals surface area contributed by atoms with Crippen LogP contribution in [0.1, 0.15) is 27.2 Å². The van der Waals surface area contributed by atoms with Crippen LogP contribution >= 0.6 is 11.6 Å². The fraction of sp³-hybridized carbons (Fsp3) is 0.200. The molecule has 2 aromatic carbocycles. The number of nitrogens with one attached hydrogen (secondary N) is 1. The number of aromatic nitrogens is 2. The van der Waals surface area contributed by atoms with Crippen LogP contribution in [0.5, 0.6) is 0 Å². The molecule has 0 bridgehead atoms. The van der Waals surface area contributed by atoms with Crippen molar-refractivity contribution in [2.45, 2.75) is 20.3 Å². The Morgan fingerprint density at radius 2 is 1.84 bits per heavy atom. The molecular weight excluding hydrogens is 334 g/mol. The lowest BCUT2D eigenvalue weighted by Gasteiger charge is -2.08. The van der Waals surface area contributed by atoms with Gasteiger partial charge in [0.1, 0.15) is 0 Å². The van der Waals surface area contributed by atoms with Gasteiger partial charge < -0.3 is 5.32 Å². The lowest BCUT2D eigenvalue weighted by Crippen LogP contribution is -2.26. The number of benzene rings is 2. The Morgan fingerprint density at radius 3 is 2.56 bits per heavy atom. The SMILES string of the molecule is Cc1ccccc1CCNC(=O)c1cnn(-c2ccc(Cl)cc2)c1C. The molecule has 1 aromatic heterocycles. The van der Waals surface area contributed by atoms with Crippen LogP contribution in [0.25, 0.3) is 5.69 Å². The van der Waals surface area contributed by atoms with Crippen molar-refractivity contribution in [3.8, 4) is 5.69 Å². The zero-order valence-corrected chi connectivity index (χ0v) is 15.0. The van der Waals surface area contributed by atoms with Crippen LogP contribution in [0.2, 0.25) is 5.02 Å². The lowest BCUT2D eigenvalue weighted by atomic mass is 10.1. The number of carbonyl (C=O) groups is 1. The maximum atomic E-state index is 12.5. The number of hydrogen-bond acceptors (Lipinski definition) is 2. The average Bonchev–Trinajstić information content (AvgIpc) is 2.99. The molecule has 25 heavy (non-hydrogen) atoms. The number of rotatable bonds is 5. The Labute approximate surface area is 152 Å². The highest BCUT2D eigenvalue weighted by Gasteiger charge is 2.14. The molecule has 128 valence electrons. The Balaban J connectivity index is 1.67. The summed E-state index contributed by atoms with van der Waals surface area (Å²) < 4.78 is 1.74. The summed E-state index contributed by atoms with van der Waals surface area (Å²) in [4.78, 5) is 12.5. The molecule has 3 rings (SSSR count). The third-order valence-electron chi connectivity index (χ3n) is 4.27. The first-order valence-electron chi connectivity index (χ1n) is 8.19. The van der Waals surface area contributed by atoms with Crippen molar-refractivity contribution in [2.75, 3.05) is 6.54 Å². The van der Waals surface area contributed by atoms with Crippen LogP contribution in [-0.2, 0) is 6.42 Å². The van der Waals surface area contributed by atoms with E-state index in [1.54, 1.807) is 23.0 Å². The van der Waals surface area contributed by atoms with Gasteiger partial charge in [-0.1, -0.05) is 35.9 Å². The van der Waals surface area contributed by atoms with E-state index in [0.29, 0.717) is 17.1 Å². The van der Waals surface area contributed by atoms with E-state index < -0.39 is 0 Å². The average molecular weight is 354 g/mol. The first-order chi connectivity index (χ1) is 12.1. The predicted octanol–water partition coefficient (Wildman–Crippen LogP) is 4.12. The number of aryl methyl sites for hydroxylation is 1. The van der Waals surface area contributed by atoms with Crippen molar-refractivity contribution >= 4 is 17.5 Å². The van der Waals surface area contributed by atoms with E-state index in [0.717, 1.165) is 17.8 Å². The van der Waals surface area contributed by atoms with Crippen LogP contribution < -0.4 is 5.32 Å². The van der Waals surface area contributed by atoms with Gasteiger partial charge in [-0.05, 0) is 55.7 Å². The standard InChI is InChI=1S/C20H20ClN3O/c1-14-5-3-4-6-16(14)11-12-22-20(25)19-13-23-24(15(19)2)18-9-7-17(21)8-10-18/h3-10,13H,11-12H2,1-2H3,(H,22,25). The smallest absolute Gasteiger partial charge is 0.254 e. The van der Waals surface area contributed by atoms with Crippen LogP contribution in [-0.4, -0.2) is 22.2 Å². The van der Waals surface area contributed by atoms with Crippen LogP contribution in [0.15, 0.2) is 54.7 Å². The zero-order valence-electron chi connectivity index (χ0n) is 14.3. The third kappa shape index (κ3) is 3.91. The summed E-state index contributed by atoms with van der Waals surface area (Å²) in [5, 5.41) is 7.98.